The second-order valence-electron chi connectivity index (χ2n) is 18.9. The minimum absolute atomic E-state index is 0.0155. The van der Waals surface area contributed by atoms with Gasteiger partial charge in [0.25, 0.3) is 11.5 Å². The fourth-order valence-corrected chi connectivity index (χ4v) is 10.8. The van der Waals surface area contributed by atoms with Crippen molar-refractivity contribution in [2.75, 3.05) is 50.4 Å². The van der Waals surface area contributed by atoms with Crippen molar-refractivity contribution in [2.24, 2.45) is 7.05 Å². The number of piperidine rings is 2. The van der Waals surface area contributed by atoms with Crippen molar-refractivity contribution in [3.63, 3.8) is 0 Å². The van der Waals surface area contributed by atoms with Gasteiger partial charge in [0.15, 0.2) is 0 Å². The Morgan fingerprint density at radius 2 is 1.74 bits per heavy atom. The van der Waals surface area contributed by atoms with Crippen molar-refractivity contribution >= 4 is 45.7 Å². The standard InChI is InChI=1S/C52H57F2N11O4/c1-31-23-35(24-43(54)49(31)34-12-18-62(19-13-34)32(2)46-28-41-45(9-15-56-50(41)60(46)4)64-20-14-36(55-3)27-48(64)67)52(69)63-21-22-65-39(30-63)25-38(59-65)29-61-16-10-33(11-17-61)40-6-5-37(26-42(40)53)57-44-7-8-47(66)58-51(44)68/h5-6,9,12,14-15,20,23-28,32-33,44,55,57H,7-8,10-11,13,16-19,21-22,29-30H2,1-4H3,(H,58,66,68)/t32-,44+/m0/s1. The summed E-state index contributed by atoms with van der Waals surface area (Å²) in [7, 11) is 3.78. The predicted octanol–water partition coefficient (Wildman–Crippen LogP) is 6.65. The first-order valence-electron chi connectivity index (χ1n) is 23.9. The van der Waals surface area contributed by atoms with E-state index in [0.717, 1.165) is 76.6 Å². The van der Waals surface area contributed by atoms with Gasteiger partial charge in [0.2, 0.25) is 11.8 Å². The summed E-state index contributed by atoms with van der Waals surface area (Å²) in [5.74, 6) is -1.53. The van der Waals surface area contributed by atoms with Crippen molar-refractivity contribution < 1.29 is 23.2 Å². The number of imide groups is 1. The van der Waals surface area contributed by atoms with E-state index in [-0.39, 0.29) is 41.6 Å². The van der Waals surface area contributed by atoms with E-state index in [1.165, 1.54) is 12.1 Å². The molecule has 6 aromatic rings. The Labute approximate surface area is 398 Å². The molecule has 3 N–H and O–H groups in total. The van der Waals surface area contributed by atoms with Gasteiger partial charge < -0.3 is 20.1 Å². The van der Waals surface area contributed by atoms with E-state index in [4.69, 9.17) is 5.10 Å². The van der Waals surface area contributed by atoms with Crippen LogP contribution in [0.3, 0.4) is 0 Å². The van der Waals surface area contributed by atoms with Crippen molar-refractivity contribution in [3.05, 3.63) is 140 Å². The van der Waals surface area contributed by atoms with Gasteiger partial charge in [0.05, 0.1) is 30.2 Å². The van der Waals surface area contributed by atoms with Crippen LogP contribution in [-0.4, -0.2) is 102 Å². The van der Waals surface area contributed by atoms with E-state index in [2.05, 4.69) is 60.4 Å². The molecule has 0 bridgehead atoms. The van der Waals surface area contributed by atoms with E-state index < -0.39 is 17.8 Å². The number of carbonyl (C=O) groups is 3. The van der Waals surface area contributed by atoms with Crippen LogP contribution in [0.1, 0.15) is 95.1 Å². The number of hydrogen-bond donors (Lipinski definition) is 3. The number of rotatable bonds is 11. The Morgan fingerprint density at radius 3 is 2.46 bits per heavy atom. The molecule has 4 aliphatic heterocycles. The number of aromatic nitrogens is 5. The van der Waals surface area contributed by atoms with Crippen LogP contribution >= 0.6 is 0 Å². The van der Waals surface area contributed by atoms with Crippen LogP contribution in [0.4, 0.5) is 20.2 Å². The Hall–Kier alpha value is -6.98. The molecule has 15 nitrogen and oxygen atoms in total. The van der Waals surface area contributed by atoms with Gasteiger partial charge in [-0.15, -0.1) is 0 Å². The molecule has 0 spiro atoms. The first-order valence-corrected chi connectivity index (χ1v) is 23.9. The van der Waals surface area contributed by atoms with Gasteiger partial charge in [-0.25, -0.2) is 13.8 Å². The molecule has 0 saturated carbocycles. The van der Waals surface area contributed by atoms with Crippen molar-refractivity contribution in [1.29, 1.82) is 0 Å². The summed E-state index contributed by atoms with van der Waals surface area (Å²) in [5.41, 5.74) is 8.80. The first-order chi connectivity index (χ1) is 33.3. The molecule has 0 aliphatic carbocycles. The summed E-state index contributed by atoms with van der Waals surface area (Å²) in [6.07, 6.45) is 8.45. The molecule has 69 heavy (non-hydrogen) atoms. The van der Waals surface area contributed by atoms with Gasteiger partial charge in [-0.05, 0) is 124 Å². The second kappa shape index (κ2) is 18.8. The fourth-order valence-electron chi connectivity index (χ4n) is 10.8. The maximum absolute atomic E-state index is 16.2. The van der Waals surface area contributed by atoms with Crippen LogP contribution in [0.5, 0.6) is 0 Å². The molecule has 358 valence electrons. The zero-order valence-electron chi connectivity index (χ0n) is 39.4. The Bertz CT molecular complexity index is 3070. The number of pyridine rings is 2. The number of likely N-dealkylation sites (tertiary alicyclic amines) is 1. The number of carbonyl (C=O) groups excluding carboxylic acids is 3. The highest BCUT2D eigenvalue weighted by Crippen LogP contribution is 2.36. The quantitative estimate of drug-likeness (QED) is 0.120. The maximum Gasteiger partial charge on any atom is 0.257 e. The lowest BCUT2D eigenvalue weighted by atomic mass is 9.89. The van der Waals surface area contributed by atoms with Gasteiger partial charge >= 0.3 is 0 Å². The number of anilines is 2. The molecule has 0 radical (unpaired) electrons. The molecule has 3 amide bonds. The van der Waals surface area contributed by atoms with E-state index >= 15 is 8.78 Å². The lowest BCUT2D eigenvalue weighted by molar-refractivity contribution is -0.133. The lowest BCUT2D eigenvalue weighted by Gasteiger charge is -2.32. The molecular weight excluding hydrogens is 881 g/mol. The SMILES string of the molecule is CNc1ccn(-c2ccnc3c2cc([C@H](C)N2CC=C(c4c(C)cc(C(=O)N5CCn6nc(CN7CCC(c8ccc(N[C@@H]9CCC(=O)NC9=O)cc8F)CC7)cc6C5)cc4F)CC2)n3C)c(=O)c1. The first kappa shape index (κ1) is 45.8. The van der Waals surface area contributed by atoms with E-state index in [1.54, 1.807) is 47.1 Å². The van der Waals surface area contributed by atoms with Crippen molar-refractivity contribution in [2.45, 2.75) is 83.6 Å². The molecule has 4 aliphatic rings. The molecule has 2 saturated heterocycles. The third-order valence-corrected chi connectivity index (χ3v) is 14.6. The monoisotopic (exact) mass is 937 g/mol. The number of nitrogens with zero attached hydrogens (tertiary/aromatic N) is 8. The van der Waals surface area contributed by atoms with Crippen molar-refractivity contribution in [1.82, 2.24) is 43.9 Å². The molecule has 17 heteroatoms. The smallest absolute Gasteiger partial charge is 0.257 e. The molecule has 0 unspecified atom stereocenters. The predicted molar refractivity (Wildman–Crippen MR) is 260 cm³/mol. The van der Waals surface area contributed by atoms with Gasteiger partial charge in [0.1, 0.15) is 23.3 Å². The van der Waals surface area contributed by atoms with E-state index in [0.29, 0.717) is 74.5 Å². The van der Waals surface area contributed by atoms with Crippen LogP contribution < -0.4 is 21.5 Å². The molecule has 2 fully saturated rings. The van der Waals surface area contributed by atoms with Crippen LogP contribution in [0.25, 0.3) is 22.3 Å². The molecular formula is C52H57F2N11O4. The molecule has 8 heterocycles. The minimum Gasteiger partial charge on any atom is -0.388 e. The molecule has 4 aromatic heterocycles. The Kier molecular flexibility index (Phi) is 12.5. The Balaban J connectivity index is 0.741. The van der Waals surface area contributed by atoms with E-state index in [9.17, 15) is 19.2 Å². The average Bonchev–Trinajstić information content (AvgIpc) is 3.91. The maximum atomic E-state index is 16.2. The number of fused-ring (bicyclic) bond motifs is 2. The number of amides is 3. The van der Waals surface area contributed by atoms with E-state index in [1.807, 2.05) is 36.9 Å². The number of nitrogens with one attached hydrogen (secondary N) is 3. The van der Waals surface area contributed by atoms with Gasteiger partial charge in [-0.2, -0.15) is 5.10 Å². The third-order valence-electron chi connectivity index (χ3n) is 14.6. The second-order valence-corrected chi connectivity index (χ2v) is 18.9. The summed E-state index contributed by atoms with van der Waals surface area (Å²) in [4.78, 5) is 61.7. The van der Waals surface area contributed by atoms with Gasteiger partial charge in [-0.1, -0.05) is 12.1 Å². The zero-order valence-corrected chi connectivity index (χ0v) is 39.4. The largest absolute Gasteiger partial charge is 0.388 e. The van der Waals surface area contributed by atoms with Gasteiger partial charge in [-0.3, -0.25) is 43.5 Å². The summed E-state index contributed by atoms with van der Waals surface area (Å²) in [5, 5.41) is 14.2. The summed E-state index contributed by atoms with van der Waals surface area (Å²) in [6, 6.07) is 17.1. The number of benzene rings is 2. The summed E-state index contributed by atoms with van der Waals surface area (Å²) < 4.78 is 37.2. The van der Waals surface area contributed by atoms with Crippen LogP contribution in [0, 0.1) is 18.6 Å². The highest BCUT2D eigenvalue weighted by atomic mass is 19.1. The normalized spacial score (nSPS) is 18.8. The minimum atomic E-state index is -0.571. The molecule has 2 aromatic carbocycles. The summed E-state index contributed by atoms with van der Waals surface area (Å²) in [6.45, 7) is 8.96. The third kappa shape index (κ3) is 9.08. The zero-order chi connectivity index (χ0) is 48.1. The highest BCUT2D eigenvalue weighted by Gasteiger charge is 2.30. The molecule has 2 atom stereocenters. The average molecular weight is 938 g/mol. The van der Waals surface area contributed by atoms with Crippen LogP contribution in [0.2, 0.25) is 0 Å². The number of hydrogen-bond acceptors (Lipinski definition) is 10. The fraction of sp³-hybridized carbons (Fsp3) is 0.385. The molecule has 10 rings (SSSR count). The number of halogens is 2. The van der Waals surface area contributed by atoms with Gasteiger partial charge in [0, 0.05) is 105 Å². The van der Waals surface area contributed by atoms with Crippen LogP contribution in [-0.2, 0) is 36.3 Å². The highest BCUT2D eigenvalue weighted by molar-refractivity contribution is 6.01. The number of aryl methyl sites for hydroxylation is 2. The lowest BCUT2D eigenvalue weighted by Crippen LogP contribution is -2.47. The van der Waals surface area contributed by atoms with Crippen LogP contribution in [0.15, 0.2) is 83.9 Å². The Morgan fingerprint density at radius 1 is 0.913 bits per heavy atom. The summed E-state index contributed by atoms with van der Waals surface area (Å²) >= 11 is 0. The van der Waals surface area contributed by atoms with Crippen molar-refractivity contribution in [3.8, 4) is 5.69 Å². The topological polar surface area (TPSA) is 155 Å².